The molecule has 0 saturated heterocycles. The lowest BCUT2D eigenvalue weighted by molar-refractivity contribution is -0.121. The minimum atomic E-state index is -0.0608. The molecule has 1 fully saturated rings. The van der Waals surface area contributed by atoms with Crippen LogP contribution in [-0.2, 0) is 11.2 Å². The molecule has 0 unspecified atom stereocenters. The topological polar surface area (TPSA) is 94.0 Å². The summed E-state index contributed by atoms with van der Waals surface area (Å²) in [5.41, 5.74) is 5.89. The van der Waals surface area contributed by atoms with E-state index in [1.54, 1.807) is 0 Å². The van der Waals surface area contributed by atoms with Crippen molar-refractivity contribution in [3.63, 3.8) is 0 Å². The van der Waals surface area contributed by atoms with Crippen LogP contribution in [0.2, 0.25) is 0 Å². The van der Waals surface area contributed by atoms with E-state index in [0.717, 1.165) is 12.8 Å². The van der Waals surface area contributed by atoms with E-state index < -0.39 is 0 Å². The van der Waals surface area contributed by atoms with Gasteiger partial charge in [-0.05, 0) is 18.0 Å². The monoisotopic (exact) mass is 224 g/mol. The van der Waals surface area contributed by atoms with Gasteiger partial charge in [0, 0.05) is 6.04 Å². The zero-order valence-electron chi connectivity index (χ0n) is 9.11. The lowest BCUT2D eigenvalue weighted by atomic mass is 9.95. The second-order valence-electron chi connectivity index (χ2n) is 4.18. The summed E-state index contributed by atoms with van der Waals surface area (Å²) in [7, 11) is 0. The van der Waals surface area contributed by atoms with E-state index in [-0.39, 0.29) is 18.1 Å². The standard InChI is InChI=1S/C10H16N4O2/c11-10-8(13-16-14-10)6-9(15)12-7-4-2-1-3-5-7/h7H,1-6H2,(H2,11,14)(H,12,15). The molecule has 1 aliphatic carbocycles. The van der Waals surface area contributed by atoms with Gasteiger partial charge in [0.15, 0.2) is 5.82 Å². The van der Waals surface area contributed by atoms with E-state index in [9.17, 15) is 4.79 Å². The molecular formula is C10H16N4O2. The molecule has 16 heavy (non-hydrogen) atoms. The SMILES string of the molecule is Nc1nonc1CC(=O)NC1CCCCC1. The summed E-state index contributed by atoms with van der Waals surface area (Å²) in [6.45, 7) is 0. The molecule has 0 aliphatic heterocycles. The number of aromatic nitrogens is 2. The molecule has 0 radical (unpaired) electrons. The molecule has 0 bridgehead atoms. The fraction of sp³-hybridized carbons (Fsp3) is 0.700. The fourth-order valence-electron chi connectivity index (χ4n) is 2.01. The summed E-state index contributed by atoms with van der Waals surface area (Å²) in [6.07, 6.45) is 5.94. The smallest absolute Gasteiger partial charge is 0.226 e. The number of carbonyl (C=O) groups is 1. The second kappa shape index (κ2) is 4.96. The van der Waals surface area contributed by atoms with Gasteiger partial charge in [-0.25, -0.2) is 4.63 Å². The molecular weight excluding hydrogens is 208 g/mol. The zero-order chi connectivity index (χ0) is 11.4. The van der Waals surface area contributed by atoms with E-state index in [2.05, 4.69) is 20.3 Å². The van der Waals surface area contributed by atoms with Gasteiger partial charge in [-0.15, -0.1) is 0 Å². The first-order valence-electron chi connectivity index (χ1n) is 5.62. The molecule has 1 aliphatic rings. The Labute approximate surface area is 93.5 Å². The number of carbonyl (C=O) groups excluding carboxylic acids is 1. The van der Waals surface area contributed by atoms with Crippen LogP contribution in [0.25, 0.3) is 0 Å². The van der Waals surface area contributed by atoms with Gasteiger partial charge in [-0.1, -0.05) is 24.4 Å². The predicted octanol–water partition coefficient (Wildman–Crippen LogP) is 0.643. The first-order valence-corrected chi connectivity index (χ1v) is 5.62. The first-order chi connectivity index (χ1) is 7.75. The number of nitrogens with one attached hydrogen (secondary N) is 1. The maximum atomic E-state index is 11.7. The summed E-state index contributed by atoms with van der Waals surface area (Å²) in [6, 6.07) is 0.308. The number of hydrogen-bond acceptors (Lipinski definition) is 5. The second-order valence-corrected chi connectivity index (χ2v) is 4.18. The molecule has 3 N–H and O–H groups in total. The summed E-state index contributed by atoms with van der Waals surface area (Å²) in [4.78, 5) is 11.7. The quantitative estimate of drug-likeness (QED) is 0.785. The van der Waals surface area contributed by atoms with Crippen LogP contribution >= 0.6 is 0 Å². The average Bonchev–Trinajstić information content (AvgIpc) is 2.66. The number of nitrogens with zero attached hydrogens (tertiary/aromatic N) is 2. The summed E-state index contributed by atoms with van der Waals surface area (Å²) < 4.78 is 4.43. The highest BCUT2D eigenvalue weighted by Crippen LogP contribution is 2.17. The van der Waals surface area contributed by atoms with Crippen molar-refractivity contribution in [2.24, 2.45) is 0 Å². The summed E-state index contributed by atoms with van der Waals surface area (Å²) in [5.74, 6) is 0.132. The lowest BCUT2D eigenvalue weighted by Gasteiger charge is -2.22. The molecule has 1 aromatic rings. The maximum Gasteiger partial charge on any atom is 0.226 e. The van der Waals surface area contributed by atoms with E-state index in [1.807, 2.05) is 0 Å². The number of nitrogen functional groups attached to an aromatic ring is 1. The van der Waals surface area contributed by atoms with Crippen molar-refractivity contribution in [1.29, 1.82) is 0 Å². The van der Waals surface area contributed by atoms with Crippen LogP contribution in [0.4, 0.5) is 5.82 Å². The van der Waals surface area contributed by atoms with Gasteiger partial charge in [0.25, 0.3) is 0 Å². The molecule has 1 heterocycles. The van der Waals surface area contributed by atoms with Crippen LogP contribution < -0.4 is 11.1 Å². The van der Waals surface area contributed by atoms with Crippen LogP contribution in [0, 0.1) is 0 Å². The van der Waals surface area contributed by atoms with Crippen LogP contribution in [0.3, 0.4) is 0 Å². The molecule has 1 aromatic heterocycles. The highest BCUT2D eigenvalue weighted by atomic mass is 16.6. The van der Waals surface area contributed by atoms with Gasteiger partial charge in [0.2, 0.25) is 5.91 Å². The lowest BCUT2D eigenvalue weighted by Crippen LogP contribution is -2.37. The Morgan fingerprint density at radius 3 is 2.75 bits per heavy atom. The van der Waals surface area contributed by atoms with Gasteiger partial charge in [0.1, 0.15) is 5.69 Å². The molecule has 0 aromatic carbocycles. The molecule has 1 amide bonds. The number of anilines is 1. The van der Waals surface area contributed by atoms with E-state index in [1.165, 1.54) is 19.3 Å². The molecule has 88 valence electrons. The van der Waals surface area contributed by atoms with Crippen LogP contribution in [0.15, 0.2) is 4.63 Å². The van der Waals surface area contributed by atoms with E-state index >= 15 is 0 Å². The Morgan fingerprint density at radius 2 is 2.12 bits per heavy atom. The van der Waals surface area contributed by atoms with E-state index in [4.69, 9.17) is 5.73 Å². The van der Waals surface area contributed by atoms with Gasteiger partial charge < -0.3 is 11.1 Å². The van der Waals surface area contributed by atoms with Gasteiger partial charge in [-0.2, -0.15) is 0 Å². The Balaban J connectivity index is 1.82. The van der Waals surface area contributed by atoms with Crippen molar-refractivity contribution < 1.29 is 9.42 Å². The molecule has 0 spiro atoms. The third-order valence-electron chi connectivity index (χ3n) is 2.88. The number of nitrogens with two attached hydrogens (primary N) is 1. The van der Waals surface area contributed by atoms with Crippen molar-refractivity contribution >= 4 is 11.7 Å². The third kappa shape index (κ3) is 2.71. The molecule has 6 nitrogen and oxygen atoms in total. The maximum absolute atomic E-state index is 11.7. The summed E-state index contributed by atoms with van der Waals surface area (Å²) in [5, 5.41) is 9.99. The average molecular weight is 224 g/mol. The number of rotatable bonds is 3. The minimum Gasteiger partial charge on any atom is -0.379 e. The van der Waals surface area contributed by atoms with Crippen LogP contribution in [-0.4, -0.2) is 22.3 Å². The zero-order valence-corrected chi connectivity index (χ0v) is 9.11. The van der Waals surface area contributed by atoms with Gasteiger partial charge >= 0.3 is 0 Å². The van der Waals surface area contributed by atoms with E-state index in [0.29, 0.717) is 11.7 Å². The van der Waals surface area contributed by atoms with Crippen LogP contribution in [0.1, 0.15) is 37.8 Å². The normalized spacial score (nSPS) is 17.2. The largest absolute Gasteiger partial charge is 0.379 e. The highest BCUT2D eigenvalue weighted by Gasteiger charge is 2.17. The third-order valence-corrected chi connectivity index (χ3v) is 2.88. The fourth-order valence-corrected chi connectivity index (χ4v) is 2.01. The molecule has 6 heteroatoms. The van der Waals surface area contributed by atoms with Gasteiger partial charge in [0.05, 0.1) is 6.42 Å². The Morgan fingerprint density at radius 1 is 1.38 bits per heavy atom. The van der Waals surface area contributed by atoms with Crippen molar-refractivity contribution in [2.75, 3.05) is 5.73 Å². The Bertz CT molecular complexity index is 357. The van der Waals surface area contributed by atoms with Crippen molar-refractivity contribution in [2.45, 2.75) is 44.6 Å². The van der Waals surface area contributed by atoms with Crippen molar-refractivity contribution in [3.05, 3.63) is 5.69 Å². The van der Waals surface area contributed by atoms with Gasteiger partial charge in [-0.3, -0.25) is 4.79 Å². The Hall–Kier alpha value is -1.59. The summed E-state index contributed by atoms with van der Waals surface area (Å²) >= 11 is 0. The molecule has 1 saturated carbocycles. The minimum absolute atomic E-state index is 0.0608. The highest BCUT2D eigenvalue weighted by molar-refractivity contribution is 5.79. The van der Waals surface area contributed by atoms with Crippen molar-refractivity contribution in [1.82, 2.24) is 15.6 Å². The predicted molar refractivity (Wildman–Crippen MR) is 57.4 cm³/mol. The number of hydrogen-bond donors (Lipinski definition) is 2. The molecule has 0 atom stereocenters. The van der Waals surface area contributed by atoms with Crippen LogP contribution in [0.5, 0.6) is 0 Å². The number of amides is 1. The Kier molecular flexibility index (Phi) is 3.38. The molecule has 2 rings (SSSR count). The van der Waals surface area contributed by atoms with Crippen molar-refractivity contribution in [3.8, 4) is 0 Å². The first kappa shape index (κ1) is 10.9.